The minimum Gasteiger partial charge on any atom is -0.454 e. The maximum Gasteiger partial charge on any atom is 0.264 e. The molecule has 0 fully saturated rings. The first kappa shape index (κ1) is 16.6. The van der Waals surface area contributed by atoms with Crippen LogP contribution in [0.5, 0.6) is 11.5 Å². The first-order valence-electron chi connectivity index (χ1n) is 6.69. The van der Waals surface area contributed by atoms with Gasteiger partial charge in [0.2, 0.25) is 0 Å². The second-order valence-corrected chi connectivity index (χ2v) is 4.86. The third-order valence-corrected chi connectivity index (χ3v) is 3.21. The third kappa shape index (κ3) is 3.69. The maximum absolute atomic E-state index is 14.4. The largest absolute Gasteiger partial charge is 0.454 e. The van der Waals surface area contributed by atoms with Crippen molar-refractivity contribution in [1.82, 2.24) is 0 Å². The van der Waals surface area contributed by atoms with Crippen molar-refractivity contribution in [3.63, 3.8) is 0 Å². The number of aldehydes is 1. The van der Waals surface area contributed by atoms with E-state index >= 15 is 0 Å². The number of nitriles is 1. The molecule has 0 aromatic heterocycles. The highest BCUT2D eigenvalue weighted by molar-refractivity contribution is 5.57. The molecule has 0 bridgehead atoms. The lowest BCUT2D eigenvalue weighted by atomic mass is 10.1. The van der Waals surface area contributed by atoms with Crippen LogP contribution in [0.3, 0.4) is 0 Å². The van der Waals surface area contributed by atoms with Crippen molar-refractivity contribution in [1.29, 1.82) is 5.26 Å². The van der Waals surface area contributed by atoms with Crippen LogP contribution in [0.2, 0.25) is 0 Å². The number of hydrogen-bond donors (Lipinski definition) is 0. The smallest absolute Gasteiger partial charge is 0.264 e. The van der Waals surface area contributed by atoms with Gasteiger partial charge in [0.05, 0.1) is 11.6 Å². The minimum atomic E-state index is -2.78. The lowest BCUT2D eigenvalue weighted by Gasteiger charge is -2.13. The third-order valence-electron chi connectivity index (χ3n) is 3.21. The molecule has 0 atom stereocenters. The lowest BCUT2D eigenvalue weighted by Crippen LogP contribution is -1.99. The summed E-state index contributed by atoms with van der Waals surface area (Å²) in [6, 6.07) is 8.13. The van der Waals surface area contributed by atoms with Gasteiger partial charge in [0.25, 0.3) is 6.43 Å². The van der Waals surface area contributed by atoms with Gasteiger partial charge in [0.1, 0.15) is 12.0 Å². The molecule has 0 unspecified atom stereocenters. The SMILES string of the molecule is Cc1ccc(CC=O)c(F)c1Oc1cc(C#N)cc(C(F)F)c1. The zero-order chi connectivity index (χ0) is 17.0. The summed E-state index contributed by atoms with van der Waals surface area (Å²) in [5.74, 6) is -0.942. The summed E-state index contributed by atoms with van der Waals surface area (Å²) in [5.41, 5.74) is 0.185. The van der Waals surface area contributed by atoms with Crippen molar-refractivity contribution >= 4 is 6.29 Å². The Morgan fingerprint density at radius 2 is 2.04 bits per heavy atom. The summed E-state index contributed by atoms with van der Waals surface area (Å²) in [6.45, 7) is 1.59. The molecule has 0 heterocycles. The molecular weight excluding hydrogens is 307 g/mol. The summed E-state index contributed by atoms with van der Waals surface area (Å²) in [7, 11) is 0. The topological polar surface area (TPSA) is 50.1 Å². The molecule has 0 aliphatic rings. The molecule has 0 radical (unpaired) electrons. The van der Waals surface area contributed by atoms with E-state index in [4.69, 9.17) is 10.00 Å². The Hall–Kier alpha value is -2.81. The van der Waals surface area contributed by atoms with Gasteiger partial charge in [-0.25, -0.2) is 13.2 Å². The quantitative estimate of drug-likeness (QED) is 0.764. The summed E-state index contributed by atoms with van der Waals surface area (Å²) >= 11 is 0. The van der Waals surface area contributed by atoms with Gasteiger partial charge < -0.3 is 9.53 Å². The molecule has 0 saturated heterocycles. The highest BCUT2D eigenvalue weighted by Crippen LogP contribution is 2.33. The van der Waals surface area contributed by atoms with Crippen LogP contribution in [0.1, 0.15) is 28.7 Å². The summed E-state index contributed by atoms with van der Waals surface area (Å²) in [5, 5.41) is 8.89. The van der Waals surface area contributed by atoms with E-state index in [9.17, 15) is 18.0 Å². The molecule has 0 aliphatic carbocycles. The van der Waals surface area contributed by atoms with Crippen molar-refractivity contribution in [2.45, 2.75) is 19.8 Å². The average Bonchev–Trinajstić information content (AvgIpc) is 2.54. The van der Waals surface area contributed by atoms with Gasteiger partial charge in [0, 0.05) is 12.0 Å². The molecule has 6 heteroatoms. The van der Waals surface area contributed by atoms with Crippen LogP contribution in [0.25, 0.3) is 0 Å². The zero-order valence-electron chi connectivity index (χ0n) is 12.1. The number of ether oxygens (including phenoxy) is 1. The number of nitrogens with zero attached hydrogens (tertiary/aromatic N) is 1. The summed E-state index contributed by atoms with van der Waals surface area (Å²) < 4.78 is 45.4. The van der Waals surface area contributed by atoms with Crippen LogP contribution in [-0.2, 0) is 11.2 Å². The Morgan fingerprint density at radius 3 is 2.65 bits per heavy atom. The van der Waals surface area contributed by atoms with Crippen LogP contribution < -0.4 is 4.74 Å². The molecule has 0 aliphatic heterocycles. The van der Waals surface area contributed by atoms with Crippen LogP contribution in [0, 0.1) is 24.1 Å². The fourth-order valence-electron chi connectivity index (χ4n) is 2.06. The van der Waals surface area contributed by atoms with Crippen LogP contribution in [0.4, 0.5) is 13.2 Å². The molecule has 0 saturated carbocycles. The van der Waals surface area contributed by atoms with Crippen molar-refractivity contribution in [3.05, 3.63) is 58.4 Å². The Labute approximate surface area is 130 Å². The van der Waals surface area contributed by atoms with Crippen LogP contribution >= 0.6 is 0 Å². The van der Waals surface area contributed by atoms with Gasteiger partial charge in [-0.1, -0.05) is 12.1 Å². The molecule has 0 N–H and O–H groups in total. The van der Waals surface area contributed by atoms with E-state index in [1.165, 1.54) is 12.1 Å². The normalized spacial score (nSPS) is 10.4. The maximum atomic E-state index is 14.4. The van der Waals surface area contributed by atoms with E-state index in [0.29, 0.717) is 11.8 Å². The molecule has 23 heavy (non-hydrogen) atoms. The molecule has 2 aromatic rings. The lowest BCUT2D eigenvalue weighted by molar-refractivity contribution is -0.107. The van der Waals surface area contributed by atoms with Gasteiger partial charge in [0.15, 0.2) is 11.6 Å². The van der Waals surface area contributed by atoms with E-state index < -0.39 is 12.2 Å². The van der Waals surface area contributed by atoms with Gasteiger partial charge >= 0.3 is 0 Å². The Morgan fingerprint density at radius 1 is 1.30 bits per heavy atom. The number of carbonyl (C=O) groups is 1. The van der Waals surface area contributed by atoms with Gasteiger partial charge in [-0.15, -0.1) is 0 Å². The molecular formula is C17H12F3NO2. The van der Waals surface area contributed by atoms with E-state index in [1.807, 2.05) is 0 Å². The number of halogens is 3. The first-order chi connectivity index (χ1) is 11.0. The minimum absolute atomic E-state index is 0.0140. The zero-order valence-corrected chi connectivity index (χ0v) is 12.1. The number of benzene rings is 2. The van der Waals surface area contributed by atoms with Crippen molar-refractivity contribution in [2.75, 3.05) is 0 Å². The molecule has 2 rings (SSSR count). The fourth-order valence-corrected chi connectivity index (χ4v) is 2.06. The van der Waals surface area contributed by atoms with Crippen molar-refractivity contribution in [3.8, 4) is 17.6 Å². The molecule has 3 nitrogen and oxygen atoms in total. The summed E-state index contributed by atoms with van der Waals surface area (Å²) in [6.07, 6.45) is -2.34. The molecule has 118 valence electrons. The van der Waals surface area contributed by atoms with Crippen LogP contribution in [-0.4, -0.2) is 6.29 Å². The van der Waals surface area contributed by atoms with E-state index in [1.54, 1.807) is 19.1 Å². The highest BCUT2D eigenvalue weighted by atomic mass is 19.3. The molecule has 0 amide bonds. The second-order valence-electron chi connectivity index (χ2n) is 4.86. The Kier molecular flexibility index (Phi) is 5.02. The standard InChI is InChI=1S/C17H12F3NO2/c1-10-2-3-12(4-5-22)15(18)16(10)23-14-7-11(9-21)6-13(8-14)17(19)20/h2-3,5-8,17H,4H2,1H3. The van der Waals surface area contributed by atoms with E-state index in [-0.39, 0.29) is 34.6 Å². The molecule has 0 spiro atoms. The van der Waals surface area contributed by atoms with Gasteiger partial charge in [-0.05, 0) is 36.2 Å². The van der Waals surface area contributed by atoms with Crippen molar-refractivity contribution < 1.29 is 22.7 Å². The number of aryl methyl sites for hydroxylation is 1. The first-order valence-corrected chi connectivity index (χ1v) is 6.69. The number of alkyl halides is 2. The van der Waals surface area contributed by atoms with Gasteiger partial charge in [-0.2, -0.15) is 5.26 Å². The summed E-state index contributed by atoms with van der Waals surface area (Å²) in [4.78, 5) is 10.6. The number of hydrogen-bond acceptors (Lipinski definition) is 3. The Balaban J connectivity index is 2.47. The second kappa shape index (κ2) is 6.97. The van der Waals surface area contributed by atoms with Crippen LogP contribution in [0.15, 0.2) is 30.3 Å². The molecule has 2 aromatic carbocycles. The number of carbonyl (C=O) groups excluding carboxylic acids is 1. The van der Waals surface area contributed by atoms with E-state index in [2.05, 4.69) is 0 Å². The Bertz CT molecular complexity index is 782. The predicted molar refractivity (Wildman–Crippen MR) is 77.1 cm³/mol. The fraction of sp³-hybridized carbons (Fsp3) is 0.176. The average molecular weight is 319 g/mol. The monoisotopic (exact) mass is 319 g/mol. The predicted octanol–water partition coefficient (Wildman–Crippen LogP) is 4.48. The highest BCUT2D eigenvalue weighted by Gasteiger charge is 2.16. The van der Waals surface area contributed by atoms with Gasteiger partial charge in [-0.3, -0.25) is 0 Å². The van der Waals surface area contributed by atoms with Crippen molar-refractivity contribution in [2.24, 2.45) is 0 Å². The number of rotatable bonds is 5. The van der Waals surface area contributed by atoms with E-state index in [0.717, 1.165) is 12.1 Å².